The molecule has 0 heterocycles. The first-order valence-electron chi connectivity index (χ1n) is 4.87. The standard InChI is InChI=1S/C10H16N2O3S/c1-8-4-3-5-10(6-8)16(13,14)12-7-9(2)15-11/h3-6,9,12H,7,11H2,1-2H3. The molecule has 16 heavy (non-hydrogen) atoms. The fourth-order valence-corrected chi connectivity index (χ4v) is 2.36. The van der Waals surface area contributed by atoms with Crippen molar-refractivity contribution in [2.24, 2.45) is 5.90 Å². The Bertz CT molecular complexity index is 445. The van der Waals surface area contributed by atoms with Crippen molar-refractivity contribution in [2.45, 2.75) is 24.8 Å². The molecule has 0 saturated heterocycles. The molecule has 0 aliphatic carbocycles. The van der Waals surface area contributed by atoms with Crippen molar-refractivity contribution in [3.05, 3.63) is 29.8 Å². The predicted molar refractivity (Wildman–Crippen MR) is 61.1 cm³/mol. The van der Waals surface area contributed by atoms with Gasteiger partial charge in [0.2, 0.25) is 10.0 Å². The van der Waals surface area contributed by atoms with Gasteiger partial charge in [0.1, 0.15) is 0 Å². The van der Waals surface area contributed by atoms with Gasteiger partial charge in [-0.1, -0.05) is 12.1 Å². The van der Waals surface area contributed by atoms with Crippen molar-refractivity contribution < 1.29 is 13.3 Å². The molecule has 1 rings (SSSR count). The van der Waals surface area contributed by atoms with E-state index in [0.29, 0.717) is 0 Å². The Labute approximate surface area is 95.6 Å². The molecule has 1 aromatic carbocycles. The van der Waals surface area contributed by atoms with Crippen LogP contribution in [0.2, 0.25) is 0 Å². The Morgan fingerprint density at radius 1 is 1.50 bits per heavy atom. The molecule has 0 fully saturated rings. The second-order valence-corrected chi connectivity index (χ2v) is 5.38. The fourth-order valence-electron chi connectivity index (χ4n) is 1.14. The van der Waals surface area contributed by atoms with Gasteiger partial charge >= 0.3 is 0 Å². The predicted octanol–water partition coefficient (Wildman–Crippen LogP) is 0.552. The number of rotatable bonds is 5. The highest BCUT2D eigenvalue weighted by Crippen LogP contribution is 2.10. The number of sulfonamides is 1. The van der Waals surface area contributed by atoms with E-state index >= 15 is 0 Å². The van der Waals surface area contributed by atoms with Gasteiger partial charge < -0.3 is 4.84 Å². The second kappa shape index (κ2) is 5.40. The van der Waals surface area contributed by atoms with Gasteiger partial charge in [-0.15, -0.1) is 0 Å². The molecule has 90 valence electrons. The van der Waals surface area contributed by atoms with Crippen molar-refractivity contribution in [3.63, 3.8) is 0 Å². The van der Waals surface area contributed by atoms with Crippen molar-refractivity contribution in [3.8, 4) is 0 Å². The molecule has 0 radical (unpaired) electrons. The largest absolute Gasteiger partial charge is 0.300 e. The van der Waals surface area contributed by atoms with Gasteiger partial charge in [0.05, 0.1) is 11.0 Å². The second-order valence-electron chi connectivity index (χ2n) is 3.62. The summed E-state index contributed by atoms with van der Waals surface area (Å²) in [6, 6.07) is 6.69. The monoisotopic (exact) mass is 244 g/mol. The molecular formula is C10H16N2O3S. The molecule has 0 saturated carbocycles. The molecule has 6 heteroatoms. The molecule has 5 nitrogen and oxygen atoms in total. The Kier molecular flexibility index (Phi) is 4.43. The highest BCUT2D eigenvalue weighted by Gasteiger charge is 2.14. The molecule has 0 amide bonds. The van der Waals surface area contributed by atoms with Crippen LogP contribution in [0.15, 0.2) is 29.2 Å². The number of hydrogen-bond acceptors (Lipinski definition) is 4. The van der Waals surface area contributed by atoms with Crippen LogP contribution in [0, 0.1) is 6.92 Å². The van der Waals surface area contributed by atoms with Crippen molar-refractivity contribution in [1.82, 2.24) is 4.72 Å². The zero-order chi connectivity index (χ0) is 12.2. The number of nitrogens with two attached hydrogens (primary N) is 1. The number of benzene rings is 1. The number of nitrogens with one attached hydrogen (secondary N) is 1. The highest BCUT2D eigenvalue weighted by atomic mass is 32.2. The maximum absolute atomic E-state index is 11.8. The topological polar surface area (TPSA) is 81.4 Å². The molecule has 3 N–H and O–H groups in total. The van der Waals surface area contributed by atoms with Crippen LogP contribution < -0.4 is 10.6 Å². The van der Waals surface area contributed by atoms with Crippen molar-refractivity contribution >= 4 is 10.0 Å². The Balaban J connectivity index is 2.78. The first kappa shape index (κ1) is 13.1. The molecule has 1 unspecified atom stereocenters. The molecule has 1 aromatic rings. The van der Waals surface area contributed by atoms with Crippen LogP contribution in [0.3, 0.4) is 0 Å². The SMILES string of the molecule is Cc1cccc(S(=O)(=O)NCC(C)ON)c1. The van der Waals surface area contributed by atoms with E-state index in [2.05, 4.69) is 9.56 Å². The van der Waals surface area contributed by atoms with Gasteiger partial charge in [-0.3, -0.25) is 0 Å². The maximum Gasteiger partial charge on any atom is 0.240 e. The van der Waals surface area contributed by atoms with E-state index in [1.165, 1.54) is 0 Å². The minimum atomic E-state index is -3.47. The minimum absolute atomic E-state index is 0.146. The summed E-state index contributed by atoms with van der Waals surface area (Å²) in [6.45, 7) is 3.66. The van der Waals surface area contributed by atoms with Crippen LogP contribution in [0.5, 0.6) is 0 Å². The number of hydrogen-bond donors (Lipinski definition) is 2. The highest BCUT2D eigenvalue weighted by molar-refractivity contribution is 7.89. The normalized spacial score (nSPS) is 13.7. The summed E-state index contributed by atoms with van der Waals surface area (Å²) >= 11 is 0. The lowest BCUT2D eigenvalue weighted by molar-refractivity contribution is 0.0702. The van der Waals surface area contributed by atoms with Gasteiger partial charge in [0.25, 0.3) is 0 Å². The van der Waals surface area contributed by atoms with Gasteiger partial charge in [0.15, 0.2) is 0 Å². The summed E-state index contributed by atoms with van der Waals surface area (Å²) in [5, 5.41) is 0. The van der Waals surface area contributed by atoms with Gasteiger partial charge in [-0.25, -0.2) is 19.0 Å². The van der Waals surface area contributed by atoms with Crippen molar-refractivity contribution in [1.29, 1.82) is 0 Å². The lowest BCUT2D eigenvalue weighted by Gasteiger charge is -2.10. The van der Waals surface area contributed by atoms with E-state index in [0.717, 1.165) is 5.56 Å². The fraction of sp³-hybridized carbons (Fsp3) is 0.400. The van der Waals surface area contributed by atoms with E-state index < -0.39 is 10.0 Å². The van der Waals surface area contributed by atoms with E-state index in [9.17, 15) is 8.42 Å². The van der Waals surface area contributed by atoms with Crippen LogP contribution in [0.1, 0.15) is 12.5 Å². The molecular weight excluding hydrogens is 228 g/mol. The zero-order valence-electron chi connectivity index (χ0n) is 9.30. The molecule has 0 aliphatic rings. The third-order valence-electron chi connectivity index (χ3n) is 2.09. The maximum atomic E-state index is 11.8. The van der Waals surface area contributed by atoms with E-state index in [-0.39, 0.29) is 17.5 Å². The van der Waals surface area contributed by atoms with Gasteiger partial charge in [0, 0.05) is 6.54 Å². The Hall–Kier alpha value is -0.950. The van der Waals surface area contributed by atoms with E-state index in [1.54, 1.807) is 25.1 Å². The Morgan fingerprint density at radius 3 is 2.75 bits per heavy atom. The quantitative estimate of drug-likeness (QED) is 0.741. The summed E-state index contributed by atoms with van der Waals surface area (Å²) in [6.07, 6.45) is -0.361. The molecule has 0 aliphatic heterocycles. The molecule has 0 spiro atoms. The van der Waals surface area contributed by atoms with Gasteiger partial charge in [-0.05, 0) is 31.5 Å². The lowest BCUT2D eigenvalue weighted by Crippen LogP contribution is -2.33. The Morgan fingerprint density at radius 2 is 2.19 bits per heavy atom. The third kappa shape index (κ3) is 3.57. The van der Waals surface area contributed by atoms with Crippen LogP contribution in [0.4, 0.5) is 0 Å². The minimum Gasteiger partial charge on any atom is -0.300 e. The van der Waals surface area contributed by atoms with Crippen molar-refractivity contribution in [2.75, 3.05) is 6.54 Å². The summed E-state index contributed by atoms with van der Waals surface area (Å²) in [4.78, 5) is 4.73. The zero-order valence-corrected chi connectivity index (χ0v) is 10.1. The number of aryl methyl sites for hydroxylation is 1. The van der Waals surface area contributed by atoms with Crippen LogP contribution in [-0.4, -0.2) is 21.1 Å². The van der Waals surface area contributed by atoms with Crippen LogP contribution >= 0.6 is 0 Å². The summed E-state index contributed by atoms with van der Waals surface area (Å²) in [5.74, 6) is 4.93. The van der Waals surface area contributed by atoms with Crippen LogP contribution in [0.25, 0.3) is 0 Å². The first-order valence-corrected chi connectivity index (χ1v) is 6.36. The molecule has 0 aromatic heterocycles. The van der Waals surface area contributed by atoms with Gasteiger partial charge in [-0.2, -0.15) is 0 Å². The van der Waals surface area contributed by atoms with E-state index in [1.807, 2.05) is 13.0 Å². The average molecular weight is 244 g/mol. The summed E-state index contributed by atoms with van der Waals surface area (Å²) < 4.78 is 26.0. The van der Waals surface area contributed by atoms with Crippen LogP contribution in [-0.2, 0) is 14.9 Å². The summed E-state index contributed by atoms with van der Waals surface area (Å²) in [5.41, 5.74) is 0.894. The third-order valence-corrected chi connectivity index (χ3v) is 3.51. The average Bonchev–Trinajstić information content (AvgIpc) is 2.26. The smallest absolute Gasteiger partial charge is 0.240 e. The molecule has 0 bridgehead atoms. The molecule has 1 atom stereocenters. The van der Waals surface area contributed by atoms with E-state index in [4.69, 9.17) is 5.90 Å². The first-order chi connectivity index (χ1) is 7.45. The lowest BCUT2D eigenvalue weighted by atomic mass is 10.2. The summed E-state index contributed by atoms with van der Waals surface area (Å²) in [7, 11) is -3.47.